The summed E-state index contributed by atoms with van der Waals surface area (Å²) < 4.78 is 0. The van der Waals surface area contributed by atoms with Crippen molar-refractivity contribution in [1.29, 1.82) is 0 Å². The molecule has 1 aliphatic rings. The maximum atomic E-state index is 11.9. The number of carbonyl (C=O) groups is 1. The number of aromatic nitrogens is 2. The van der Waals surface area contributed by atoms with Crippen molar-refractivity contribution < 1.29 is 4.79 Å². The van der Waals surface area contributed by atoms with E-state index in [-0.39, 0.29) is 5.91 Å². The zero-order valence-corrected chi connectivity index (χ0v) is 13.4. The first-order chi connectivity index (χ1) is 10.7. The van der Waals surface area contributed by atoms with Crippen molar-refractivity contribution in [2.75, 3.05) is 5.75 Å². The minimum absolute atomic E-state index is 0.0869. The summed E-state index contributed by atoms with van der Waals surface area (Å²) in [6, 6.07) is 7.84. The summed E-state index contributed by atoms with van der Waals surface area (Å²) in [5, 5.41) is 5.02. The average Bonchev–Trinajstić information content (AvgIpc) is 2.94. The van der Waals surface area contributed by atoms with Crippen molar-refractivity contribution in [3.63, 3.8) is 0 Å². The fourth-order valence-corrected chi connectivity index (χ4v) is 3.35. The molecule has 1 fully saturated rings. The summed E-state index contributed by atoms with van der Waals surface area (Å²) in [7, 11) is 0. The van der Waals surface area contributed by atoms with Crippen LogP contribution in [0.15, 0.2) is 34.5 Å². The van der Waals surface area contributed by atoms with Crippen molar-refractivity contribution in [2.45, 2.75) is 37.8 Å². The van der Waals surface area contributed by atoms with Crippen LogP contribution in [0.2, 0.25) is 0 Å². The molecule has 5 nitrogen and oxygen atoms in total. The molecular weight excluding hydrogens is 296 g/mol. The number of hydrogen-bond acceptors (Lipinski definition) is 4. The standard InChI is InChI=1S/C16H20N4OS/c1-11-5-4-6-12(9-11)19-20-15(21)10-22-16-17-13-7-2-3-8-14(13)18-16/h2-3,7-8,11H,4-6,9-10H2,1H3,(H,17,18)(H,20,21)/b19-12-. The lowest BCUT2D eigenvalue weighted by Crippen LogP contribution is -2.23. The molecular formula is C16H20N4OS. The Hall–Kier alpha value is -1.82. The van der Waals surface area contributed by atoms with Crippen LogP contribution in [0.1, 0.15) is 32.6 Å². The van der Waals surface area contributed by atoms with Gasteiger partial charge in [0.1, 0.15) is 0 Å². The van der Waals surface area contributed by atoms with Gasteiger partial charge in [0.25, 0.3) is 5.91 Å². The van der Waals surface area contributed by atoms with Crippen molar-refractivity contribution in [1.82, 2.24) is 15.4 Å². The second kappa shape index (κ2) is 6.96. The molecule has 0 bridgehead atoms. The molecule has 0 aliphatic heterocycles. The smallest absolute Gasteiger partial charge is 0.250 e. The van der Waals surface area contributed by atoms with Crippen LogP contribution in [0.5, 0.6) is 0 Å². The van der Waals surface area contributed by atoms with Crippen LogP contribution in [0.25, 0.3) is 11.0 Å². The van der Waals surface area contributed by atoms with Gasteiger partial charge in [0.05, 0.1) is 16.8 Å². The molecule has 116 valence electrons. The molecule has 0 saturated heterocycles. The molecule has 1 heterocycles. The van der Waals surface area contributed by atoms with Crippen LogP contribution in [0, 0.1) is 5.92 Å². The lowest BCUT2D eigenvalue weighted by molar-refractivity contribution is -0.118. The third-order valence-corrected chi connectivity index (χ3v) is 4.67. The van der Waals surface area contributed by atoms with Gasteiger partial charge < -0.3 is 4.98 Å². The predicted molar refractivity (Wildman–Crippen MR) is 90.0 cm³/mol. The lowest BCUT2D eigenvalue weighted by Gasteiger charge is -2.18. The fourth-order valence-electron chi connectivity index (χ4n) is 2.67. The van der Waals surface area contributed by atoms with Gasteiger partial charge in [-0.2, -0.15) is 5.10 Å². The second-order valence-electron chi connectivity index (χ2n) is 5.76. The molecule has 2 N–H and O–H groups in total. The Bertz CT molecular complexity index is 661. The van der Waals surface area contributed by atoms with E-state index < -0.39 is 0 Å². The van der Waals surface area contributed by atoms with Crippen molar-refractivity contribution in [3.05, 3.63) is 24.3 Å². The Labute approximate surface area is 134 Å². The van der Waals surface area contributed by atoms with E-state index in [4.69, 9.17) is 0 Å². The number of fused-ring (bicyclic) bond motifs is 1. The van der Waals surface area contributed by atoms with Crippen LogP contribution in [-0.2, 0) is 4.79 Å². The van der Waals surface area contributed by atoms with Gasteiger partial charge in [-0.1, -0.05) is 30.8 Å². The van der Waals surface area contributed by atoms with Gasteiger partial charge in [-0.15, -0.1) is 0 Å². The highest BCUT2D eigenvalue weighted by molar-refractivity contribution is 7.99. The Morgan fingerprint density at radius 2 is 2.36 bits per heavy atom. The van der Waals surface area contributed by atoms with E-state index in [0.717, 1.165) is 34.7 Å². The highest BCUT2D eigenvalue weighted by Gasteiger charge is 2.14. The topological polar surface area (TPSA) is 70.1 Å². The number of hydrazone groups is 1. The summed E-state index contributed by atoms with van der Waals surface area (Å²) in [5.74, 6) is 0.900. The van der Waals surface area contributed by atoms with E-state index in [2.05, 4.69) is 27.4 Å². The summed E-state index contributed by atoms with van der Waals surface area (Å²) in [6.07, 6.45) is 4.43. The Morgan fingerprint density at radius 3 is 3.18 bits per heavy atom. The molecule has 2 aromatic rings. The van der Waals surface area contributed by atoms with Crippen molar-refractivity contribution in [3.8, 4) is 0 Å². The van der Waals surface area contributed by atoms with E-state index in [1.165, 1.54) is 24.6 Å². The number of para-hydroxylation sites is 2. The maximum absolute atomic E-state index is 11.9. The number of benzene rings is 1. The van der Waals surface area contributed by atoms with E-state index >= 15 is 0 Å². The molecule has 1 amide bonds. The largest absolute Gasteiger partial charge is 0.333 e. The first kappa shape index (κ1) is 15.1. The Balaban J connectivity index is 1.50. The van der Waals surface area contributed by atoms with Crippen molar-refractivity contribution in [2.24, 2.45) is 11.0 Å². The van der Waals surface area contributed by atoms with Gasteiger partial charge in [0.2, 0.25) is 0 Å². The summed E-state index contributed by atoms with van der Waals surface area (Å²) in [6.45, 7) is 2.23. The van der Waals surface area contributed by atoms with Crippen LogP contribution >= 0.6 is 11.8 Å². The molecule has 1 saturated carbocycles. The van der Waals surface area contributed by atoms with Crippen LogP contribution < -0.4 is 5.43 Å². The lowest BCUT2D eigenvalue weighted by atomic mass is 9.89. The van der Waals surface area contributed by atoms with Crippen LogP contribution in [0.4, 0.5) is 0 Å². The molecule has 1 aromatic carbocycles. The number of nitrogens with zero attached hydrogens (tertiary/aromatic N) is 2. The third kappa shape index (κ3) is 3.88. The molecule has 6 heteroatoms. The van der Waals surface area contributed by atoms with E-state index in [1.54, 1.807) is 0 Å². The monoisotopic (exact) mass is 316 g/mol. The summed E-state index contributed by atoms with van der Waals surface area (Å²) in [5.41, 5.74) is 5.68. The molecule has 0 radical (unpaired) electrons. The number of imidazole rings is 1. The van der Waals surface area contributed by atoms with Gasteiger partial charge in [0, 0.05) is 5.71 Å². The SMILES string of the molecule is CC1CCC/C(=N/NC(=O)CSc2nc3ccccc3[nH]2)C1. The number of nitrogens with one attached hydrogen (secondary N) is 2. The predicted octanol–water partition coefficient (Wildman–Crippen LogP) is 3.34. The molecule has 1 unspecified atom stereocenters. The molecule has 3 rings (SSSR count). The zero-order valence-electron chi connectivity index (χ0n) is 12.6. The van der Waals surface area contributed by atoms with Gasteiger partial charge >= 0.3 is 0 Å². The van der Waals surface area contributed by atoms with Crippen molar-refractivity contribution >= 4 is 34.4 Å². The third-order valence-electron chi connectivity index (χ3n) is 3.79. The Kier molecular flexibility index (Phi) is 4.77. The van der Waals surface area contributed by atoms with Gasteiger partial charge in [-0.3, -0.25) is 4.79 Å². The molecule has 0 spiro atoms. The Morgan fingerprint density at radius 1 is 1.50 bits per heavy atom. The van der Waals surface area contributed by atoms with Gasteiger partial charge in [0.15, 0.2) is 5.16 Å². The second-order valence-corrected chi connectivity index (χ2v) is 6.73. The maximum Gasteiger partial charge on any atom is 0.250 e. The molecule has 1 atom stereocenters. The number of aromatic amines is 1. The van der Waals surface area contributed by atoms with E-state index in [0.29, 0.717) is 11.7 Å². The van der Waals surface area contributed by atoms with E-state index in [1.807, 2.05) is 24.3 Å². The minimum Gasteiger partial charge on any atom is -0.333 e. The fraction of sp³-hybridized carbons (Fsp3) is 0.438. The molecule has 1 aliphatic carbocycles. The first-order valence-electron chi connectivity index (χ1n) is 7.62. The van der Waals surface area contributed by atoms with Gasteiger partial charge in [-0.25, -0.2) is 10.4 Å². The highest BCUT2D eigenvalue weighted by atomic mass is 32.2. The van der Waals surface area contributed by atoms with E-state index in [9.17, 15) is 4.79 Å². The average molecular weight is 316 g/mol. The number of H-pyrrole nitrogens is 1. The van der Waals surface area contributed by atoms with Crippen LogP contribution in [0.3, 0.4) is 0 Å². The number of thioether (sulfide) groups is 1. The quantitative estimate of drug-likeness (QED) is 0.671. The summed E-state index contributed by atoms with van der Waals surface area (Å²) >= 11 is 1.39. The van der Waals surface area contributed by atoms with Crippen LogP contribution in [-0.4, -0.2) is 27.3 Å². The first-order valence-corrected chi connectivity index (χ1v) is 8.61. The number of rotatable bonds is 4. The minimum atomic E-state index is -0.0869. The molecule has 22 heavy (non-hydrogen) atoms. The number of hydrogen-bond donors (Lipinski definition) is 2. The zero-order chi connectivity index (χ0) is 15.4. The number of amides is 1. The highest BCUT2D eigenvalue weighted by Crippen LogP contribution is 2.21. The number of carbonyl (C=O) groups excluding carboxylic acids is 1. The van der Waals surface area contributed by atoms with Gasteiger partial charge in [-0.05, 0) is 43.7 Å². The normalized spacial score (nSPS) is 20.4. The molecule has 1 aromatic heterocycles. The summed E-state index contributed by atoms with van der Waals surface area (Å²) in [4.78, 5) is 19.5.